The summed E-state index contributed by atoms with van der Waals surface area (Å²) in [7, 11) is 0. The van der Waals surface area contributed by atoms with E-state index in [2.05, 4.69) is 17.1 Å². The number of carbonyl (C=O) groups is 1. The number of urea groups is 1. The molecule has 0 bridgehead atoms. The molecule has 0 spiro atoms. The molecule has 3 rings (SSSR count). The second kappa shape index (κ2) is 7.54. The van der Waals surface area contributed by atoms with Crippen molar-refractivity contribution in [2.45, 2.75) is 38.1 Å². The van der Waals surface area contributed by atoms with Gasteiger partial charge in [-0.25, -0.2) is 4.79 Å². The lowest BCUT2D eigenvalue weighted by atomic mass is 10.0. The molecule has 1 aromatic carbocycles. The number of likely N-dealkylation sites (tertiary alicyclic amines) is 2. The monoisotopic (exact) mass is 335 g/mol. The van der Waals surface area contributed by atoms with Crippen LogP contribution in [-0.4, -0.2) is 54.6 Å². The van der Waals surface area contributed by atoms with Crippen LogP contribution in [0.4, 0.5) is 4.79 Å². The number of hydrogen-bond donors (Lipinski definition) is 1. The number of amides is 2. The molecule has 4 nitrogen and oxygen atoms in total. The number of benzene rings is 1. The van der Waals surface area contributed by atoms with E-state index in [-0.39, 0.29) is 11.9 Å². The summed E-state index contributed by atoms with van der Waals surface area (Å²) in [5.74, 6) is 0.287. The average Bonchev–Trinajstić information content (AvgIpc) is 2.53. The van der Waals surface area contributed by atoms with Crippen molar-refractivity contribution in [3.63, 3.8) is 0 Å². The fourth-order valence-corrected chi connectivity index (χ4v) is 3.52. The minimum Gasteiger partial charge on any atom is -0.337 e. The summed E-state index contributed by atoms with van der Waals surface area (Å²) in [5.41, 5.74) is 1.20. The minimum absolute atomic E-state index is 0.0686. The lowest BCUT2D eigenvalue weighted by Gasteiger charge is -2.46. The summed E-state index contributed by atoms with van der Waals surface area (Å²) in [5, 5.41) is 3.80. The topological polar surface area (TPSA) is 35.6 Å². The second-order valence-corrected chi connectivity index (χ2v) is 7.23. The number of halogens is 1. The van der Waals surface area contributed by atoms with Crippen LogP contribution in [0.2, 0.25) is 5.02 Å². The molecular formula is C18H26ClN3O. The van der Waals surface area contributed by atoms with Crippen LogP contribution in [0, 0.1) is 0 Å². The van der Waals surface area contributed by atoms with Crippen molar-refractivity contribution < 1.29 is 4.79 Å². The Hall–Kier alpha value is -1.26. The predicted octanol–water partition coefficient (Wildman–Crippen LogP) is 3.32. The SMILES string of the molecule is CC(CNC(=O)N1CC(N2CCCCC2)C1)c1ccc(Cl)cc1. The Kier molecular flexibility index (Phi) is 5.44. The van der Waals surface area contributed by atoms with E-state index in [0.717, 1.165) is 18.1 Å². The van der Waals surface area contributed by atoms with Crippen LogP contribution >= 0.6 is 11.6 Å². The predicted molar refractivity (Wildman–Crippen MR) is 94.1 cm³/mol. The largest absolute Gasteiger partial charge is 0.337 e. The highest BCUT2D eigenvalue weighted by molar-refractivity contribution is 6.30. The maximum atomic E-state index is 12.2. The van der Waals surface area contributed by atoms with Gasteiger partial charge >= 0.3 is 6.03 Å². The molecule has 2 amide bonds. The standard InChI is InChI=1S/C18H26ClN3O/c1-14(15-5-7-16(19)8-6-15)11-20-18(23)22-12-17(13-22)21-9-3-2-4-10-21/h5-8,14,17H,2-4,9-13H2,1H3,(H,20,23). The maximum absolute atomic E-state index is 12.2. The third-order valence-electron chi connectivity index (χ3n) is 5.06. The molecule has 2 aliphatic heterocycles. The van der Waals surface area contributed by atoms with Gasteiger partial charge in [0.2, 0.25) is 0 Å². The van der Waals surface area contributed by atoms with Crippen molar-refractivity contribution >= 4 is 17.6 Å². The molecule has 5 heteroatoms. The van der Waals surface area contributed by atoms with Crippen molar-refractivity contribution in [3.8, 4) is 0 Å². The molecule has 1 aromatic rings. The highest BCUT2D eigenvalue weighted by Gasteiger charge is 2.35. The highest BCUT2D eigenvalue weighted by atomic mass is 35.5. The van der Waals surface area contributed by atoms with Crippen LogP contribution in [0.15, 0.2) is 24.3 Å². The van der Waals surface area contributed by atoms with Crippen molar-refractivity contribution in [1.82, 2.24) is 15.1 Å². The van der Waals surface area contributed by atoms with E-state index in [1.807, 2.05) is 29.2 Å². The Morgan fingerprint density at radius 2 is 1.87 bits per heavy atom. The van der Waals surface area contributed by atoms with Crippen LogP contribution in [0.25, 0.3) is 0 Å². The molecular weight excluding hydrogens is 310 g/mol. The first-order valence-corrected chi connectivity index (χ1v) is 9.03. The molecule has 1 unspecified atom stereocenters. The van der Waals surface area contributed by atoms with Gasteiger partial charge < -0.3 is 10.2 Å². The summed E-state index contributed by atoms with van der Waals surface area (Å²) in [6.07, 6.45) is 3.97. The number of hydrogen-bond acceptors (Lipinski definition) is 2. The maximum Gasteiger partial charge on any atom is 0.317 e. The number of nitrogens with zero attached hydrogens (tertiary/aromatic N) is 2. The van der Waals surface area contributed by atoms with E-state index >= 15 is 0 Å². The average molecular weight is 336 g/mol. The zero-order valence-electron chi connectivity index (χ0n) is 13.8. The Morgan fingerprint density at radius 3 is 2.52 bits per heavy atom. The van der Waals surface area contributed by atoms with Crippen molar-refractivity contribution in [3.05, 3.63) is 34.9 Å². The van der Waals surface area contributed by atoms with Gasteiger partial charge in [-0.3, -0.25) is 4.90 Å². The van der Waals surface area contributed by atoms with Crippen LogP contribution in [-0.2, 0) is 0 Å². The fourth-order valence-electron chi connectivity index (χ4n) is 3.40. The van der Waals surface area contributed by atoms with Gasteiger partial charge in [0.25, 0.3) is 0 Å². The molecule has 126 valence electrons. The van der Waals surface area contributed by atoms with Gasteiger partial charge in [-0.05, 0) is 49.5 Å². The Labute approximate surface area is 143 Å². The number of piperidine rings is 1. The third kappa shape index (κ3) is 4.18. The van der Waals surface area contributed by atoms with Gasteiger partial charge in [0.1, 0.15) is 0 Å². The lowest BCUT2D eigenvalue weighted by molar-refractivity contribution is 0.0451. The van der Waals surface area contributed by atoms with Crippen LogP contribution < -0.4 is 5.32 Å². The zero-order valence-corrected chi connectivity index (χ0v) is 14.6. The molecule has 2 aliphatic rings. The molecule has 23 heavy (non-hydrogen) atoms. The Bertz CT molecular complexity index is 522. The summed E-state index contributed by atoms with van der Waals surface area (Å²) in [4.78, 5) is 16.7. The van der Waals surface area contributed by atoms with Gasteiger partial charge in [0.15, 0.2) is 0 Å². The number of carbonyl (C=O) groups excluding carboxylic acids is 1. The highest BCUT2D eigenvalue weighted by Crippen LogP contribution is 2.20. The quantitative estimate of drug-likeness (QED) is 0.916. The van der Waals surface area contributed by atoms with Crippen molar-refractivity contribution in [2.24, 2.45) is 0 Å². The van der Waals surface area contributed by atoms with Gasteiger partial charge in [0, 0.05) is 30.7 Å². The first-order chi connectivity index (χ1) is 11.1. The van der Waals surface area contributed by atoms with Gasteiger partial charge in [-0.1, -0.05) is 37.1 Å². The molecule has 2 saturated heterocycles. The molecule has 0 aliphatic carbocycles. The molecule has 1 atom stereocenters. The zero-order chi connectivity index (χ0) is 16.2. The normalized spacial score (nSPS) is 20.9. The molecule has 0 saturated carbocycles. The summed E-state index contributed by atoms with van der Waals surface area (Å²) in [6.45, 7) is 6.94. The summed E-state index contributed by atoms with van der Waals surface area (Å²) in [6, 6.07) is 8.49. The summed E-state index contributed by atoms with van der Waals surface area (Å²) >= 11 is 5.91. The molecule has 2 heterocycles. The third-order valence-corrected chi connectivity index (χ3v) is 5.31. The van der Waals surface area contributed by atoms with Crippen LogP contribution in [0.1, 0.15) is 37.7 Å². The van der Waals surface area contributed by atoms with Crippen molar-refractivity contribution in [2.75, 3.05) is 32.7 Å². The Morgan fingerprint density at radius 1 is 1.22 bits per heavy atom. The summed E-state index contributed by atoms with van der Waals surface area (Å²) < 4.78 is 0. The fraction of sp³-hybridized carbons (Fsp3) is 0.611. The van der Waals surface area contributed by atoms with Crippen LogP contribution in [0.5, 0.6) is 0 Å². The van der Waals surface area contributed by atoms with E-state index in [4.69, 9.17) is 11.6 Å². The first-order valence-electron chi connectivity index (χ1n) is 8.66. The number of nitrogens with one attached hydrogen (secondary N) is 1. The second-order valence-electron chi connectivity index (χ2n) is 6.79. The van der Waals surface area contributed by atoms with Crippen LogP contribution in [0.3, 0.4) is 0 Å². The molecule has 1 N–H and O–H groups in total. The lowest BCUT2D eigenvalue weighted by Crippen LogP contribution is -2.63. The van der Waals surface area contributed by atoms with E-state index < -0.39 is 0 Å². The number of rotatable bonds is 4. The molecule has 0 radical (unpaired) electrons. The minimum atomic E-state index is 0.0686. The van der Waals surface area contributed by atoms with Gasteiger partial charge in [0.05, 0.1) is 0 Å². The van der Waals surface area contributed by atoms with E-state index in [9.17, 15) is 4.79 Å². The smallest absolute Gasteiger partial charge is 0.317 e. The van der Waals surface area contributed by atoms with Gasteiger partial charge in [-0.2, -0.15) is 0 Å². The van der Waals surface area contributed by atoms with E-state index in [1.165, 1.54) is 37.9 Å². The van der Waals surface area contributed by atoms with Gasteiger partial charge in [-0.15, -0.1) is 0 Å². The van der Waals surface area contributed by atoms with E-state index in [1.54, 1.807) is 0 Å². The Balaban J connectivity index is 1.39. The molecule has 2 fully saturated rings. The van der Waals surface area contributed by atoms with Crippen molar-refractivity contribution in [1.29, 1.82) is 0 Å². The van der Waals surface area contributed by atoms with E-state index in [0.29, 0.717) is 12.6 Å². The first kappa shape index (κ1) is 16.6. The molecule has 0 aromatic heterocycles.